The normalized spacial score (nSPS) is 31.1. The number of allylic oxidation sites excluding steroid dienone is 2. The van der Waals surface area contributed by atoms with Gasteiger partial charge in [-0.25, -0.2) is 9.29 Å². The molecule has 248 valence electrons. The van der Waals surface area contributed by atoms with Gasteiger partial charge in [0.1, 0.15) is 17.3 Å². The third-order valence-electron chi connectivity index (χ3n) is 11.0. The van der Waals surface area contributed by atoms with Gasteiger partial charge in [0.15, 0.2) is 0 Å². The average Bonchev–Trinajstić information content (AvgIpc) is 3.39. The number of rotatable bonds is 4. The number of aromatic hydroxyl groups is 1. The van der Waals surface area contributed by atoms with Crippen LogP contribution in [-0.2, 0) is 19.2 Å². The first kappa shape index (κ1) is 31.7. The van der Waals surface area contributed by atoms with Gasteiger partial charge in [0.2, 0.25) is 23.6 Å². The summed E-state index contributed by atoms with van der Waals surface area (Å²) in [6, 6.07) is 6.12. The summed E-state index contributed by atoms with van der Waals surface area (Å²) in [5.74, 6) is -8.37. The van der Waals surface area contributed by atoms with Gasteiger partial charge in [-0.3, -0.25) is 24.1 Å². The highest BCUT2D eigenvalue weighted by Gasteiger charge is 2.68. The van der Waals surface area contributed by atoms with E-state index >= 15 is 0 Å². The van der Waals surface area contributed by atoms with Crippen LogP contribution < -0.4 is 9.64 Å². The van der Waals surface area contributed by atoms with Crippen molar-refractivity contribution in [1.29, 1.82) is 0 Å². The standard InChI is InChI=1S/C34H31ClF4N2O6/c1-33-23(30(44)41(32(33)46)17-7-11-25(36)24(35)13-17)15-21-19(28(33)22-14-18(8-12-26(22)42)47-34(37,38)39)9-10-20-27(21)31(45)40(29(20)43)16-5-3-2-4-6-16/h7-9,11-14,16,20-21,23,27-28,42H,2-6,10,15H2,1H3. The predicted molar refractivity (Wildman–Crippen MR) is 160 cm³/mol. The molecule has 5 aliphatic rings. The number of carbonyl (C=O) groups excluding carboxylic acids is 4. The molecule has 6 unspecified atom stereocenters. The lowest BCUT2D eigenvalue weighted by molar-refractivity contribution is -0.274. The number of likely N-dealkylation sites (tertiary alicyclic amines) is 1. The average molecular weight is 675 g/mol. The zero-order chi connectivity index (χ0) is 33.6. The Labute approximate surface area is 272 Å². The number of benzene rings is 2. The van der Waals surface area contributed by atoms with E-state index in [2.05, 4.69) is 4.74 Å². The number of halogens is 5. The summed E-state index contributed by atoms with van der Waals surface area (Å²) in [6.07, 6.45) is 1.06. The maximum absolute atomic E-state index is 14.5. The summed E-state index contributed by atoms with van der Waals surface area (Å²) in [5.41, 5.74) is -1.24. The van der Waals surface area contributed by atoms with Crippen LogP contribution in [0.4, 0.5) is 23.2 Å². The molecule has 2 aromatic rings. The van der Waals surface area contributed by atoms with Crippen molar-refractivity contribution in [3.05, 3.63) is 64.5 Å². The van der Waals surface area contributed by atoms with Crippen LogP contribution in [0.2, 0.25) is 5.02 Å². The van der Waals surface area contributed by atoms with Crippen LogP contribution in [0.3, 0.4) is 0 Å². The van der Waals surface area contributed by atoms with Crippen molar-refractivity contribution >= 4 is 40.9 Å². The smallest absolute Gasteiger partial charge is 0.508 e. The molecule has 4 fully saturated rings. The van der Waals surface area contributed by atoms with Gasteiger partial charge in [-0.1, -0.05) is 42.5 Å². The number of amides is 4. The lowest BCUT2D eigenvalue weighted by atomic mass is 9.51. The number of alkyl halides is 3. The molecule has 7 rings (SSSR count). The molecule has 0 aromatic heterocycles. The summed E-state index contributed by atoms with van der Waals surface area (Å²) in [6.45, 7) is 1.52. The molecule has 2 heterocycles. The number of fused-ring (bicyclic) bond motifs is 4. The van der Waals surface area contributed by atoms with E-state index in [-0.39, 0.29) is 47.0 Å². The van der Waals surface area contributed by atoms with Crippen molar-refractivity contribution in [3.63, 3.8) is 0 Å². The molecule has 1 N–H and O–H groups in total. The third kappa shape index (κ3) is 4.85. The molecule has 2 saturated heterocycles. The van der Waals surface area contributed by atoms with Gasteiger partial charge in [-0.15, -0.1) is 13.2 Å². The van der Waals surface area contributed by atoms with E-state index in [1.807, 2.05) is 0 Å². The van der Waals surface area contributed by atoms with Gasteiger partial charge in [0.05, 0.1) is 33.9 Å². The number of hydrogen-bond donors (Lipinski definition) is 1. The van der Waals surface area contributed by atoms with Crippen LogP contribution in [0.15, 0.2) is 48.0 Å². The van der Waals surface area contributed by atoms with Crippen LogP contribution in [0.25, 0.3) is 0 Å². The Morgan fingerprint density at radius 3 is 2.36 bits per heavy atom. The third-order valence-corrected chi connectivity index (χ3v) is 11.2. The number of nitrogens with zero attached hydrogens (tertiary/aromatic N) is 2. The zero-order valence-electron chi connectivity index (χ0n) is 25.2. The van der Waals surface area contributed by atoms with E-state index < -0.39 is 70.5 Å². The van der Waals surface area contributed by atoms with E-state index in [1.54, 1.807) is 6.08 Å². The van der Waals surface area contributed by atoms with Gasteiger partial charge in [-0.05, 0) is 74.9 Å². The van der Waals surface area contributed by atoms with Crippen molar-refractivity contribution in [2.45, 2.75) is 70.2 Å². The number of phenols is 1. The van der Waals surface area contributed by atoms with Crippen molar-refractivity contribution in [2.24, 2.45) is 29.1 Å². The van der Waals surface area contributed by atoms with Crippen LogP contribution in [0.1, 0.15) is 63.4 Å². The summed E-state index contributed by atoms with van der Waals surface area (Å²) < 4.78 is 58.1. The highest BCUT2D eigenvalue weighted by molar-refractivity contribution is 6.31. The molecule has 13 heteroatoms. The van der Waals surface area contributed by atoms with Crippen molar-refractivity contribution in [3.8, 4) is 11.5 Å². The van der Waals surface area contributed by atoms with Gasteiger partial charge in [-0.2, -0.15) is 0 Å². The van der Waals surface area contributed by atoms with Crippen LogP contribution in [-0.4, -0.2) is 46.0 Å². The van der Waals surface area contributed by atoms with Crippen LogP contribution in [0.5, 0.6) is 11.5 Å². The van der Waals surface area contributed by atoms with E-state index in [9.17, 15) is 41.8 Å². The number of hydrogen-bond acceptors (Lipinski definition) is 6. The van der Waals surface area contributed by atoms with Gasteiger partial charge >= 0.3 is 6.36 Å². The minimum absolute atomic E-state index is 0.00424. The molecular formula is C34H31ClF4N2O6. The molecule has 0 spiro atoms. The van der Waals surface area contributed by atoms with Crippen molar-refractivity contribution in [1.82, 2.24) is 4.90 Å². The Balaban J connectivity index is 1.37. The molecule has 2 aromatic carbocycles. The number of carbonyl (C=O) groups is 4. The van der Waals surface area contributed by atoms with Crippen LogP contribution >= 0.6 is 11.6 Å². The van der Waals surface area contributed by atoms with Crippen molar-refractivity contribution < 1.29 is 46.6 Å². The fraction of sp³-hybridized carbons (Fsp3) is 0.471. The first-order valence-corrected chi connectivity index (χ1v) is 16.1. The molecule has 8 nitrogen and oxygen atoms in total. The van der Waals surface area contributed by atoms with E-state index in [1.165, 1.54) is 17.9 Å². The molecule has 47 heavy (non-hydrogen) atoms. The number of ether oxygens (including phenoxy) is 1. The quantitative estimate of drug-likeness (QED) is 0.221. The first-order chi connectivity index (χ1) is 22.2. The van der Waals surface area contributed by atoms with E-state index in [4.69, 9.17) is 11.6 Å². The molecular weight excluding hydrogens is 644 g/mol. The Hall–Kier alpha value is -3.93. The Kier molecular flexibility index (Phi) is 7.46. The topological polar surface area (TPSA) is 104 Å². The summed E-state index contributed by atoms with van der Waals surface area (Å²) in [5, 5.41) is 10.8. The zero-order valence-corrected chi connectivity index (χ0v) is 26.0. The Morgan fingerprint density at radius 1 is 0.957 bits per heavy atom. The molecule has 2 saturated carbocycles. The molecule has 6 atom stereocenters. The number of anilines is 1. The maximum Gasteiger partial charge on any atom is 0.573 e. The second-order valence-corrected chi connectivity index (χ2v) is 13.8. The van der Waals surface area contributed by atoms with Gasteiger partial charge in [0, 0.05) is 17.5 Å². The number of phenolic OH excluding ortho intramolecular Hbond substituents is 1. The fourth-order valence-electron chi connectivity index (χ4n) is 8.91. The molecule has 0 bridgehead atoms. The second-order valence-electron chi connectivity index (χ2n) is 13.4. The lowest BCUT2D eigenvalue weighted by Gasteiger charge is -2.49. The van der Waals surface area contributed by atoms with Crippen LogP contribution in [0, 0.1) is 34.9 Å². The summed E-state index contributed by atoms with van der Waals surface area (Å²) in [4.78, 5) is 58.9. The largest absolute Gasteiger partial charge is 0.573 e. The Morgan fingerprint density at radius 2 is 1.68 bits per heavy atom. The minimum atomic E-state index is -5.05. The predicted octanol–water partition coefficient (Wildman–Crippen LogP) is 6.65. The highest BCUT2D eigenvalue weighted by atomic mass is 35.5. The van der Waals surface area contributed by atoms with Gasteiger partial charge in [0.25, 0.3) is 0 Å². The molecule has 2 aliphatic heterocycles. The minimum Gasteiger partial charge on any atom is -0.508 e. The Bertz CT molecular complexity index is 1740. The second kappa shape index (κ2) is 11.1. The monoisotopic (exact) mass is 674 g/mol. The van der Waals surface area contributed by atoms with E-state index in [0.29, 0.717) is 18.4 Å². The molecule has 0 radical (unpaired) electrons. The summed E-state index contributed by atoms with van der Waals surface area (Å²) in [7, 11) is 0. The number of imide groups is 2. The summed E-state index contributed by atoms with van der Waals surface area (Å²) >= 11 is 6.01. The fourth-order valence-corrected chi connectivity index (χ4v) is 9.09. The van der Waals surface area contributed by atoms with Gasteiger partial charge < -0.3 is 9.84 Å². The van der Waals surface area contributed by atoms with Crippen molar-refractivity contribution in [2.75, 3.05) is 4.90 Å². The molecule has 3 aliphatic carbocycles. The maximum atomic E-state index is 14.5. The molecule has 4 amide bonds. The SMILES string of the molecule is CC12C(=O)N(c3ccc(F)c(Cl)c3)C(=O)C1CC1C(=CCC3C(=O)N(C4CCCCC4)C(=O)C31)C2c1cc(OC(F)(F)F)ccc1O. The highest BCUT2D eigenvalue weighted by Crippen LogP contribution is 2.64. The lowest BCUT2D eigenvalue weighted by Crippen LogP contribution is -2.49. The van der Waals surface area contributed by atoms with E-state index in [0.717, 1.165) is 54.5 Å². The first-order valence-electron chi connectivity index (χ1n) is 15.7.